The highest BCUT2D eigenvalue weighted by Gasteiger charge is 2.28. The molecule has 76 valence electrons. The summed E-state index contributed by atoms with van der Waals surface area (Å²) in [5, 5.41) is 9.23. The van der Waals surface area contributed by atoms with E-state index < -0.39 is 0 Å². The Morgan fingerprint density at radius 2 is 2.14 bits per heavy atom. The molecule has 1 aromatic carbocycles. The second kappa shape index (κ2) is 3.71. The molecule has 0 saturated carbocycles. The fourth-order valence-corrected chi connectivity index (χ4v) is 1.94. The fourth-order valence-electron chi connectivity index (χ4n) is 1.94. The number of rotatable bonds is 2. The van der Waals surface area contributed by atoms with Crippen molar-refractivity contribution in [2.45, 2.75) is 26.0 Å². The molecule has 2 nitrogen and oxygen atoms in total. The van der Waals surface area contributed by atoms with Gasteiger partial charge in [-0.25, -0.2) is 0 Å². The van der Waals surface area contributed by atoms with Crippen molar-refractivity contribution in [2.24, 2.45) is 0 Å². The molecule has 1 N–H and O–H groups in total. The molecule has 0 spiro atoms. The molecule has 2 heteroatoms. The monoisotopic (exact) mass is 191 g/mol. The number of aryl methyl sites for hydroxylation is 1. The summed E-state index contributed by atoms with van der Waals surface area (Å²) in [5.74, 6) is 0. The summed E-state index contributed by atoms with van der Waals surface area (Å²) in [6.07, 6.45) is -0.109. The Morgan fingerprint density at radius 3 is 2.71 bits per heavy atom. The van der Waals surface area contributed by atoms with Gasteiger partial charge in [-0.2, -0.15) is 0 Å². The molecule has 1 atom stereocenters. The Balaban J connectivity index is 2.07. The second-order valence-corrected chi connectivity index (χ2v) is 4.20. The molecular weight excluding hydrogens is 174 g/mol. The SMILES string of the molecule is Cc1cccc([C@H](C)N2CC(O)C2)c1. The molecular formula is C12H17NO. The fraction of sp³-hybridized carbons (Fsp3) is 0.500. The number of aliphatic hydroxyl groups excluding tert-OH is 1. The van der Waals surface area contributed by atoms with E-state index in [-0.39, 0.29) is 6.10 Å². The first kappa shape index (κ1) is 9.69. The highest BCUT2D eigenvalue weighted by atomic mass is 16.3. The highest BCUT2D eigenvalue weighted by molar-refractivity contribution is 5.25. The molecule has 0 aliphatic carbocycles. The minimum atomic E-state index is -0.109. The van der Waals surface area contributed by atoms with Crippen LogP contribution in [0.2, 0.25) is 0 Å². The van der Waals surface area contributed by atoms with E-state index in [0.29, 0.717) is 6.04 Å². The van der Waals surface area contributed by atoms with Crippen molar-refractivity contribution < 1.29 is 5.11 Å². The molecule has 2 rings (SSSR count). The van der Waals surface area contributed by atoms with Crippen molar-refractivity contribution >= 4 is 0 Å². The number of aliphatic hydroxyl groups is 1. The first-order chi connectivity index (χ1) is 6.66. The molecule has 1 aliphatic heterocycles. The molecule has 0 aromatic heterocycles. The molecule has 0 radical (unpaired) electrons. The average Bonchev–Trinajstić information content (AvgIpc) is 2.12. The zero-order valence-corrected chi connectivity index (χ0v) is 8.77. The van der Waals surface area contributed by atoms with Crippen LogP contribution in [0.25, 0.3) is 0 Å². The first-order valence-corrected chi connectivity index (χ1v) is 5.15. The maximum absolute atomic E-state index is 9.23. The molecule has 0 unspecified atom stereocenters. The van der Waals surface area contributed by atoms with Crippen molar-refractivity contribution in [2.75, 3.05) is 13.1 Å². The Kier molecular flexibility index (Phi) is 2.57. The molecule has 0 bridgehead atoms. The van der Waals surface area contributed by atoms with E-state index in [0.717, 1.165) is 13.1 Å². The maximum Gasteiger partial charge on any atom is 0.0794 e. The smallest absolute Gasteiger partial charge is 0.0794 e. The lowest BCUT2D eigenvalue weighted by atomic mass is 10.0. The topological polar surface area (TPSA) is 23.5 Å². The Hall–Kier alpha value is -0.860. The van der Waals surface area contributed by atoms with Gasteiger partial charge in [0.1, 0.15) is 0 Å². The number of nitrogens with zero attached hydrogens (tertiary/aromatic N) is 1. The normalized spacial score (nSPS) is 20.5. The van der Waals surface area contributed by atoms with E-state index in [1.165, 1.54) is 11.1 Å². The van der Waals surface area contributed by atoms with Crippen LogP contribution in [0.4, 0.5) is 0 Å². The summed E-state index contributed by atoms with van der Waals surface area (Å²) in [5.41, 5.74) is 2.65. The van der Waals surface area contributed by atoms with E-state index >= 15 is 0 Å². The summed E-state index contributed by atoms with van der Waals surface area (Å²) < 4.78 is 0. The summed E-state index contributed by atoms with van der Waals surface area (Å²) in [6, 6.07) is 9.01. The van der Waals surface area contributed by atoms with Gasteiger partial charge in [0.05, 0.1) is 6.10 Å². The number of likely N-dealkylation sites (tertiary alicyclic amines) is 1. The van der Waals surface area contributed by atoms with Gasteiger partial charge >= 0.3 is 0 Å². The molecule has 1 heterocycles. The van der Waals surface area contributed by atoms with Crippen LogP contribution in [0, 0.1) is 6.92 Å². The number of β-amino-alcohol motifs (C(OH)–C–C–N with tert-alkyl or cyclic N) is 1. The van der Waals surface area contributed by atoms with Crippen molar-refractivity contribution in [3.8, 4) is 0 Å². The Bertz CT molecular complexity index is 318. The summed E-state index contributed by atoms with van der Waals surface area (Å²) >= 11 is 0. The van der Waals surface area contributed by atoms with Crippen molar-refractivity contribution in [3.05, 3.63) is 35.4 Å². The van der Waals surface area contributed by atoms with Crippen LogP contribution in [0.15, 0.2) is 24.3 Å². The molecule has 1 aromatic rings. The third-order valence-corrected chi connectivity index (χ3v) is 2.96. The van der Waals surface area contributed by atoms with E-state index in [1.807, 2.05) is 0 Å². The molecule has 0 amide bonds. The van der Waals surface area contributed by atoms with Gasteiger partial charge < -0.3 is 5.11 Å². The molecule has 1 saturated heterocycles. The predicted octanol–water partition coefficient (Wildman–Crippen LogP) is 1.73. The van der Waals surface area contributed by atoms with E-state index in [1.54, 1.807) is 0 Å². The van der Waals surface area contributed by atoms with Crippen LogP contribution in [-0.2, 0) is 0 Å². The lowest BCUT2D eigenvalue weighted by Crippen LogP contribution is -2.51. The van der Waals surface area contributed by atoms with Crippen molar-refractivity contribution in [1.82, 2.24) is 4.90 Å². The first-order valence-electron chi connectivity index (χ1n) is 5.15. The summed E-state index contributed by atoms with van der Waals surface area (Å²) in [7, 11) is 0. The zero-order valence-electron chi connectivity index (χ0n) is 8.77. The van der Waals surface area contributed by atoms with E-state index in [2.05, 4.69) is 43.0 Å². The van der Waals surface area contributed by atoms with Gasteiger partial charge in [-0.3, -0.25) is 4.90 Å². The lowest BCUT2D eigenvalue weighted by molar-refractivity contribution is -0.0211. The average molecular weight is 191 g/mol. The third kappa shape index (κ3) is 1.81. The van der Waals surface area contributed by atoms with E-state index in [9.17, 15) is 5.11 Å². The van der Waals surface area contributed by atoms with Gasteiger partial charge in [0, 0.05) is 19.1 Å². The van der Waals surface area contributed by atoms with Gasteiger partial charge in [-0.1, -0.05) is 29.8 Å². The van der Waals surface area contributed by atoms with Gasteiger partial charge in [0.25, 0.3) is 0 Å². The summed E-state index contributed by atoms with van der Waals surface area (Å²) in [4.78, 5) is 2.29. The molecule has 14 heavy (non-hydrogen) atoms. The van der Waals surface area contributed by atoms with Gasteiger partial charge in [-0.15, -0.1) is 0 Å². The van der Waals surface area contributed by atoms with E-state index in [4.69, 9.17) is 0 Å². The zero-order chi connectivity index (χ0) is 10.1. The van der Waals surface area contributed by atoms with Gasteiger partial charge in [0.15, 0.2) is 0 Å². The highest BCUT2D eigenvalue weighted by Crippen LogP contribution is 2.25. The largest absolute Gasteiger partial charge is 0.390 e. The van der Waals surface area contributed by atoms with Crippen molar-refractivity contribution in [3.63, 3.8) is 0 Å². The number of hydrogen-bond donors (Lipinski definition) is 1. The van der Waals surface area contributed by atoms with Crippen LogP contribution in [0.3, 0.4) is 0 Å². The lowest BCUT2D eigenvalue weighted by Gasteiger charge is -2.40. The van der Waals surface area contributed by atoms with Gasteiger partial charge in [-0.05, 0) is 19.4 Å². The van der Waals surface area contributed by atoms with Crippen LogP contribution in [0.1, 0.15) is 24.1 Å². The van der Waals surface area contributed by atoms with Crippen LogP contribution in [-0.4, -0.2) is 29.2 Å². The Morgan fingerprint density at radius 1 is 1.43 bits per heavy atom. The van der Waals surface area contributed by atoms with Crippen molar-refractivity contribution in [1.29, 1.82) is 0 Å². The summed E-state index contributed by atoms with van der Waals surface area (Å²) in [6.45, 7) is 5.94. The second-order valence-electron chi connectivity index (χ2n) is 4.20. The van der Waals surface area contributed by atoms with Crippen LogP contribution < -0.4 is 0 Å². The molecule has 1 fully saturated rings. The minimum Gasteiger partial charge on any atom is -0.390 e. The van der Waals surface area contributed by atoms with Gasteiger partial charge in [0.2, 0.25) is 0 Å². The number of benzene rings is 1. The standard InChI is InChI=1S/C12H17NO/c1-9-4-3-5-11(6-9)10(2)13-7-12(14)8-13/h3-6,10,12,14H,7-8H2,1-2H3/t10-/m0/s1. The minimum absolute atomic E-state index is 0.109. The third-order valence-electron chi connectivity index (χ3n) is 2.96. The predicted molar refractivity (Wildman–Crippen MR) is 57.2 cm³/mol. The van der Waals surface area contributed by atoms with Crippen LogP contribution in [0.5, 0.6) is 0 Å². The maximum atomic E-state index is 9.23. The molecule has 1 aliphatic rings. The number of hydrogen-bond acceptors (Lipinski definition) is 2. The quantitative estimate of drug-likeness (QED) is 0.769. The van der Waals surface area contributed by atoms with Crippen LogP contribution >= 0.6 is 0 Å². The Labute approximate surface area is 85.2 Å².